The third-order valence-corrected chi connectivity index (χ3v) is 2.97. The van der Waals surface area contributed by atoms with Crippen LogP contribution in [0.15, 0.2) is 0 Å². The molecule has 2 nitrogen and oxygen atoms in total. The summed E-state index contributed by atoms with van der Waals surface area (Å²) in [5, 5.41) is 3.38. The average Bonchev–Trinajstić information content (AvgIpc) is 3.01. The highest BCUT2D eigenvalue weighted by Gasteiger charge is 2.19. The lowest BCUT2D eigenvalue weighted by molar-refractivity contribution is -0.119. The molecule has 15 heavy (non-hydrogen) atoms. The molecule has 0 amide bonds. The Kier molecular flexibility index (Phi) is 6.66. The quantitative estimate of drug-likeness (QED) is 0.563. The van der Waals surface area contributed by atoms with Gasteiger partial charge in [-0.05, 0) is 19.3 Å². The van der Waals surface area contributed by atoms with E-state index in [1.807, 2.05) is 0 Å². The molecule has 0 heterocycles. The third kappa shape index (κ3) is 7.55. The molecule has 1 aliphatic carbocycles. The van der Waals surface area contributed by atoms with Gasteiger partial charge in [0.2, 0.25) is 0 Å². The first-order chi connectivity index (χ1) is 7.33. The normalized spacial score (nSPS) is 15.5. The second-order valence-electron chi connectivity index (χ2n) is 4.68. The zero-order valence-corrected chi connectivity index (χ0v) is 10.1. The van der Waals surface area contributed by atoms with Gasteiger partial charge in [-0.2, -0.15) is 0 Å². The van der Waals surface area contributed by atoms with Gasteiger partial charge >= 0.3 is 0 Å². The molecule has 1 saturated carbocycles. The first-order valence-corrected chi connectivity index (χ1v) is 6.58. The van der Waals surface area contributed by atoms with Gasteiger partial charge in [-0.15, -0.1) is 0 Å². The Labute approximate surface area is 93.8 Å². The highest BCUT2D eigenvalue weighted by atomic mass is 16.1. The summed E-state index contributed by atoms with van der Waals surface area (Å²) in [5.74, 6) is 0.444. The zero-order valence-electron chi connectivity index (χ0n) is 10.1. The van der Waals surface area contributed by atoms with E-state index in [1.165, 1.54) is 38.5 Å². The van der Waals surface area contributed by atoms with Crippen molar-refractivity contribution in [2.75, 3.05) is 6.54 Å². The maximum absolute atomic E-state index is 11.4. The smallest absolute Gasteiger partial charge is 0.134 e. The van der Waals surface area contributed by atoms with E-state index in [1.54, 1.807) is 0 Å². The summed E-state index contributed by atoms with van der Waals surface area (Å²) in [5.41, 5.74) is 0. The van der Waals surface area contributed by atoms with E-state index in [4.69, 9.17) is 0 Å². The minimum atomic E-state index is 0.444. The Hall–Kier alpha value is -0.370. The van der Waals surface area contributed by atoms with E-state index in [0.29, 0.717) is 5.78 Å². The van der Waals surface area contributed by atoms with Gasteiger partial charge in [-0.3, -0.25) is 4.79 Å². The summed E-state index contributed by atoms with van der Waals surface area (Å²) in [6.07, 6.45) is 10.4. The Morgan fingerprint density at radius 2 is 1.87 bits per heavy atom. The number of carbonyl (C=O) groups is 1. The van der Waals surface area contributed by atoms with Crippen molar-refractivity contribution in [3.8, 4) is 0 Å². The maximum Gasteiger partial charge on any atom is 0.134 e. The Balaban J connectivity index is 1.80. The molecule has 1 N–H and O–H groups in total. The molecule has 2 heteroatoms. The molecule has 0 spiro atoms. The number of rotatable bonds is 10. The number of Topliss-reactive ketones (excluding diaryl/α,β-unsaturated/α-hetero) is 1. The van der Waals surface area contributed by atoms with E-state index in [-0.39, 0.29) is 0 Å². The molecule has 1 fully saturated rings. The third-order valence-electron chi connectivity index (χ3n) is 2.97. The number of hydrogen-bond acceptors (Lipinski definition) is 2. The number of unbranched alkanes of at least 4 members (excludes halogenated alkanes) is 4. The fourth-order valence-corrected chi connectivity index (χ4v) is 1.75. The Bertz CT molecular complexity index is 175. The molecular weight excluding hydrogens is 186 g/mol. The molecule has 1 aliphatic rings. The highest BCUT2D eigenvalue weighted by Crippen LogP contribution is 2.18. The maximum atomic E-state index is 11.4. The predicted molar refractivity (Wildman–Crippen MR) is 64.0 cm³/mol. The van der Waals surface area contributed by atoms with Crippen molar-refractivity contribution >= 4 is 5.78 Å². The summed E-state index contributed by atoms with van der Waals surface area (Å²) < 4.78 is 0. The number of nitrogens with one attached hydrogen (secondary N) is 1. The Morgan fingerprint density at radius 1 is 1.13 bits per heavy atom. The van der Waals surface area contributed by atoms with Crippen LogP contribution in [0, 0.1) is 0 Å². The number of hydrogen-bond donors (Lipinski definition) is 1. The fraction of sp³-hybridized carbons (Fsp3) is 0.923. The summed E-state index contributed by atoms with van der Waals surface area (Å²) in [7, 11) is 0. The first kappa shape index (κ1) is 12.7. The number of carbonyl (C=O) groups excluding carboxylic acids is 1. The molecule has 0 saturated heterocycles. The van der Waals surface area contributed by atoms with Crippen LogP contribution >= 0.6 is 0 Å². The molecule has 0 aliphatic heterocycles. The first-order valence-electron chi connectivity index (χ1n) is 6.58. The minimum Gasteiger partial charge on any atom is -0.314 e. The van der Waals surface area contributed by atoms with E-state index in [9.17, 15) is 4.79 Å². The summed E-state index contributed by atoms with van der Waals surface area (Å²) in [4.78, 5) is 11.4. The molecule has 0 aromatic heterocycles. The van der Waals surface area contributed by atoms with Crippen LogP contribution in [0.2, 0.25) is 0 Å². The Morgan fingerprint density at radius 3 is 2.53 bits per heavy atom. The van der Waals surface area contributed by atoms with Crippen LogP contribution in [0.1, 0.15) is 64.7 Å². The monoisotopic (exact) mass is 211 g/mol. The van der Waals surface area contributed by atoms with Crippen molar-refractivity contribution in [3.05, 3.63) is 0 Å². The molecule has 0 unspecified atom stereocenters. The minimum absolute atomic E-state index is 0.444. The van der Waals surface area contributed by atoms with Gasteiger partial charge in [0, 0.05) is 25.4 Å². The lowest BCUT2D eigenvalue weighted by Crippen LogP contribution is -2.20. The highest BCUT2D eigenvalue weighted by molar-refractivity contribution is 5.78. The molecule has 0 bridgehead atoms. The summed E-state index contributed by atoms with van der Waals surface area (Å²) >= 11 is 0. The van der Waals surface area contributed by atoms with Crippen molar-refractivity contribution in [3.63, 3.8) is 0 Å². The second-order valence-corrected chi connectivity index (χ2v) is 4.68. The van der Waals surface area contributed by atoms with Gasteiger partial charge in [-0.1, -0.05) is 32.6 Å². The number of ketones is 1. The second kappa shape index (κ2) is 7.86. The van der Waals surface area contributed by atoms with Gasteiger partial charge in [0.1, 0.15) is 5.78 Å². The molecular formula is C13H25NO. The molecule has 0 atom stereocenters. The van der Waals surface area contributed by atoms with Crippen molar-refractivity contribution in [2.45, 2.75) is 70.8 Å². The predicted octanol–water partition coefficient (Wildman–Crippen LogP) is 3.06. The average molecular weight is 211 g/mol. The molecule has 0 aromatic carbocycles. The van der Waals surface area contributed by atoms with Crippen LogP contribution in [0.4, 0.5) is 0 Å². The van der Waals surface area contributed by atoms with E-state index in [0.717, 1.165) is 31.8 Å². The van der Waals surface area contributed by atoms with Crippen LogP contribution < -0.4 is 5.32 Å². The van der Waals surface area contributed by atoms with Crippen molar-refractivity contribution in [1.82, 2.24) is 5.32 Å². The molecule has 0 aromatic rings. The van der Waals surface area contributed by atoms with Crippen LogP contribution in [-0.2, 0) is 4.79 Å². The SMILES string of the molecule is CCCCCCCC(=O)CCNC1CC1. The van der Waals surface area contributed by atoms with Gasteiger partial charge in [0.05, 0.1) is 0 Å². The van der Waals surface area contributed by atoms with Crippen LogP contribution in [-0.4, -0.2) is 18.4 Å². The lowest BCUT2D eigenvalue weighted by atomic mass is 10.1. The van der Waals surface area contributed by atoms with Crippen molar-refractivity contribution < 1.29 is 4.79 Å². The standard InChI is InChI=1S/C13H25NO/c1-2-3-4-5-6-7-13(15)10-11-14-12-8-9-12/h12,14H,2-11H2,1H3. The van der Waals surface area contributed by atoms with E-state index >= 15 is 0 Å². The van der Waals surface area contributed by atoms with Crippen LogP contribution in [0.3, 0.4) is 0 Å². The van der Waals surface area contributed by atoms with Crippen molar-refractivity contribution in [2.24, 2.45) is 0 Å². The van der Waals surface area contributed by atoms with Crippen molar-refractivity contribution in [1.29, 1.82) is 0 Å². The van der Waals surface area contributed by atoms with Crippen LogP contribution in [0.25, 0.3) is 0 Å². The van der Waals surface area contributed by atoms with Gasteiger partial charge in [0.15, 0.2) is 0 Å². The molecule has 88 valence electrons. The van der Waals surface area contributed by atoms with Gasteiger partial charge in [0.25, 0.3) is 0 Å². The van der Waals surface area contributed by atoms with Gasteiger partial charge in [-0.25, -0.2) is 0 Å². The lowest BCUT2D eigenvalue weighted by Gasteiger charge is -2.02. The van der Waals surface area contributed by atoms with Crippen LogP contribution in [0.5, 0.6) is 0 Å². The van der Waals surface area contributed by atoms with Gasteiger partial charge < -0.3 is 5.32 Å². The topological polar surface area (TPSA) is 29.1 Å². The van der Waals surface area contributed by atoms with E-state index in [2.05, 4.69) is 12.2 Å². The molecule has 1 rings (SSSR count). The summed E-state index contributed by atoms with van der Waals surface area (Å²) in [6.45, 7) is 3.12. The zero-order chi connectivity index (χ0) is 10.9. The van der Waals surface area contributed by atoms with E-state index < -0.39 is 0 Å². The largest absolute Gasteiger partial charge is 0.314 e. The fourth-order valence-electron chi connectivity index (χ4n) is 1.75. The molecule has 0 radical (unpaired) electrons. The summed E-state index contributed by atoms with van der Waals surface area (Å²) in [6, 6.07) is 0.738.